The Balaban J connectivity index is 1.90. The molecule has 0 bridgehead atoms. The zero-order valence-electron chi connectivity index (χ0n) is 12.4. The molecule has 1 atom stereocenters. The Kier molecular flexibility index (Phi) is 4.59. The van der Waals surface area contributed by atoms with Gasteiger partial charge in [0.1, 0.15) is 16.9 Å². The van der Waals surface area contributed by atoms with E-state index in [1.54, 1.807) is 55.5 Å². The maximum atomic E-state index is 12.9. The summed E-state index contributed by atoms with van der Waals surface area (Å²) in [7, 11) is 3.17. The van der Waals surface area contributed by atoms with Gasteiger partial charge in [-0.3, -0.25) is 4.79 Å². The standard InChI is InChI=1S/C16H17NO3S2/c1-19-12-8-11(9-13(10-12)20-2)15(18)17-5-7-22-16(17)14-4-3-6-21-14/h3-4,6,8-10,16H,5,7H2,1-2H3. The van der Waals surface area contributed by atoms with Gasteiger partial charge in [-0.2, -0.15) is 0 Å². The number of ether oxygens (including phenoxy) is 2. The molecule has 1 amide bonds. The highest BCUT2D eigenvalue weighted by atomic mass is 32.2. The van der Waals surface area contributed by atoms with Gasteiger partial charge in [-0.05, 0) is 23.6 Å². The summed E-state index contributed by atoms with van der Waals surface area (Å²) in [5.41, 5.74) is 0.597. The maximum absolute atomic E-state index is 12.9. The number of rotatable bonds is 4. The lowest BCUT2D eigenvalue weighted by Crippen LogP contribution is -2.30. The van der Waals surface area contributed by atoms with E-state index in [0.29, 0.717) is 17.1 Å². The van der Waals surface area contributed by atoms with Crippen LogP contribution in [0.25, 0.3) is 0 Å². The van der Waals surface area contributed by atoms with Gasteiger partial charge in [0, 0.05) is 28.8 Å². The van der Waals surface area contributed by atoms with Gasteiger partial charge < -0.3 is 14.4 Å². The highest BCUT2D eigenvalue weighted by Gasteiger charge is 2.32. The average Bonchev–Trinajstić information content (AvgIpc) is 3.23. The molecule has 6 heteroatoms. The van der Waals surface area contributed by atoms with Crippen molar-refractivity contribution in [1.82, 2.24) is 4.90 Å². The van der Waals surface area contributed by atoms with Crippen molar-refractivity contribution in [2.75, 3.05) is 26.5 Å². The second-order valence-electron chi connectivity index (χ2n) is 4.84. The van der Waals surface area contributed by atoms with Crippen molar-refractivity contribution in [3.63, 3.8) is 0 Å². The summed E-state index contributed by atoms with van der Waals surface area (Å²) in [6.07, 6.45) is 0. The number of amides is 1. The lowest BCUT2D eigenvalue weighted by atomic mass is 10.1. The number of thiophene rings is 1. The molecule has 0 spiro atoms. The fourth-order valence-corrected chi connectivity index (χ4v) is 4.68. The summed E-state index contributed by atoms with van der Waals surface area (Å²) in [6, 6.07) is 9.40. The van der Waals surface area contributed by atoms with Crippen molar-refractivity contribution in [3.8, 4) is 11.5 Å². The molecule has 0 saturated carbocycles. The van der Waals surface area contributed by atoms with Crippen LogP contribution in [0, 0.1) is 0 Å². The molecule has 2 heterocycles. The molecule has 1 unspecified atom stereocenters. The van der Waals surface area contributed by atoms with E-state index in [4.69, 9.17) is 9.47 Å². The summed E-state index contributed by atoms with van der Waals surface area (Å²) in [4.78, 5) is 16.0. The molecule has 3 rings (SSSR count). The second-order valence-corrected chi connectivity index (χ2v) is 7.01. The number of hydrogen-bond acceptors (Lipinski definition) is 5. The van der Waals surface area contributed by atoms with Crippen molar-refractivity contribution in [1.29, 1.82) is 0 Å². The largest absolute Gasteiger partial charge is 0.497 e. The molecule has 0 radical (unpaired) electrons. The molecule has 1 aromatic carbocycles. The molecule has 0 aliphatic carbocycles. The first-order chi connectivity index (χ1) is 10.7. The predicted octanol–water partition coefficient (Wildman–Crippen LogP) is 3.65. The Morgan fingerprint density at radius 1 is 1.23 bits per heavy atom. The molecular formula is C16H17NO3S2. The maximum Gasteiger partial charge on any atom is 0.255 e. The molecule has 1 aliphatic rings. The van der Waals surface area contributed by atoms with Crippen LogP contribution in [0.3, 0.4) is 0 Å². The van der Waals surface area contributed by atoms with E-state index in [9.17, 15) is 4.79 Å². The Morgan fingerprint density at radius 2 is 1.95 bits per heavy atom. The number of methoxy groups -OCH3 is 2. The topological polar surface area (TPSA) is 38.8 Å². The van der Waals surface area contributed by atoms with Crippen LogP contribution >= 0.6 is 23.1 Å². The predicted molar refractivity (Wildman–Crippen MR) is 90.1 cm³/mol. The van der Waals surface area contributed by atoms with E-state index in [0.717, 1.165) is 12.3 Å². The highest BCUT2D eigenvalue weighted by molar-refractivity contribution is 7.99. The molecular weight excluding hydrogens is 318 g/mol. The van der Waals surface area contributed by atoms with Gasteiger partial charge in [-0.25, -0.2) is 0 Å². The normalized spacial score (nSPS) is 17.5. The van der Waals surface area contributed by atoms with Crippen LogP contribution < -0.4 is 9.47 Å². The zero-order chi connectivity index (χ0) is 15.5. The number of thioether (sulfide) groups is 1. The summed E-state index contributed by atoms with van der Waals surface area (Å²) < 4.78 is 10.5. The number of nitrogens with zero attached hydrogens (tertiary/aromatic N) is 1. The van der Waals surface area contributed by atoms with E-state index in [2.05, 4.69) is 6.07 Å². The quantitative estimate of drug-likeness (QED) is 0.855. The molecule has 116 valence electrons. The van der Waals surface area contributed by atoms with Crippen LogP contribution in [0.15, 0.2) is 35.7 Å². The molecule has 1 aromatic heterocycles. The SMILES string of the molecule is COc1cc(OC)cc(C(=O)N2CCSC2c2cccs2)c1. The van der Waals surface area contributed by atoms with Crippen LogP contribution in [0.2, 0.25) is 0 Å². The molecule has 22 heavy (non-hydrogen) atoms. The smallest absolute Gasteiger partial charge is 0.255 e. The minimum absolute atomic E-state index is 0.0144. The van der Waals surface area contributed by atoms with Gasteiger partial charge >= 0.3 is 0 Å². The Morgan fingerprint density at radius 3 is 2.55 bits per heavy atom. The second kappa shape index (κ2) is 6.62. The summed E-state index contributed by atoms with van der Waals surface area (Å²) >= 11 is 3.49. The minimum atomic E-state index is 0.0144. The molecule has 1 saturated heterocycles. The average molecular weight is 335 g/mol. The zero-order valence-corrected chi connectivity index (χ0v) is 14.1. The third-order valence-electron chi connectivity index (χ3n) is 3.54. The van der Waals surface area contributed by atoms with Crippen molar-refractivity contribution in [2.24, 2.45) is 0 Å². The fourth-order valence-electron chi connectivity index (χ4n) is 2.44. The first-order valence-corrected chi connectivity index (χ1v) is 8.85. The fraction of sp³-hybridized carbons (Fsp3) is 0.312. The van der Waals surface area contributed by atoms with Crippen LogP contribution in [-0.4, -0.2) is 37.3 Å². The van der Waals surface area contributed by atoms with Crippen LogP contribution in [0.5, 0.6) is 11.5 Å². The van der Waals surface area contributed by atoms with Gasteiger partial charge in [0.05, 0.1) is 14.2 Å². The lowest BCUT2D eigenvalue weighted by molar-refractivity contribution is 0.0761. The Hall–Kier alpha value is -1.66. The highest BCUT2D eigenvalue weighted by Crippen LogP contribution is 2.41. The Labute approximate surface area is 138 Å². The minimum Gasteiger partial charge on any atom is -0.497 e. The molecule has 1 aliphatic heterocycles. The van der Waals surface area contributed by atoms with Gasteiger partial charge in [0.2, 0.25) is 0 Å². The summed E-state index contributed by atoms with van der Waals surface area (Å²) in [5, 5.41) is 2.15. The summed E-state index contributed by atoms with van der Waals surface area (Å²) in [6.45, 7) is 0.756. The van der Waals surface area contributed by atoms with Crippen molar-refractivity contribution < 1.29 is 14.3 Å². The van der Waals surface area contributed by atoms with E-state index in [1.807, 2.05) is 16.3 Å². The van der Waals surface area contributed by atoms with Gasteiger partial charge in [0.25, 0.3) is 5.91 Å². The van der Waals surface area contributed by atoms with Crippen molar-refractivity contribution in [3.05, 3.63) is 46.2 Å². The molecule has 4 nitrogen and oxygen atoms in total. The van der Waals surface area contributed by atoms with E-state index < -0.39 is 0 Å². The van der Waals surface area contributed by atoms with E-state index in [1.165, 1.54) is 4.88 Å². The summed E-state index contributed by atoms with van der Waals surface area (Å²) in [5.74, 6) is 2.22. The lowest BCUT2D eigenvalue weighted by Gasteiger charge is -2.23. The number of carbonyl (C=O) groups is 1. The number of carbonyl (C=O) groups excluding carboxylic acids is 1. The van der Waals surface area contributed by atoms with E-state index in [-0.39, 0.29) is 11.3 Å². The van der Waals surface area contributed by atoms with Gasteiger partial charge in [-0.15, -0.1) is 23.1 Å². The third kappa shape index (κ3) is 2.94. The molecule has 2 aromatic rings. The Bertz CT molecular complexity index is 635. The number of benzene rings is 1. The van der Waals surface area contributed by atoms with Crippen LogP contribution in [0.4, 0.5) is 0 Å². The van der Waals surface area contributed by atoms with Gasteiger partial charge in [0.15, 0.2) is 0 Å². The monoisotopic (exact) mass is 335 g/mol. The molecule has 0 N–H and O–H groups in total. The third-order valence-corrected chi connectivity index (χ3v) is 5.85. The van der Waals surface area contributed by atoms with Crippen LogP contribution in [-0.2, 0) is 0 Å². The van der Waals surface area contributed by atoms with E-state index >= 15 is 0 Å². The van der Waals surface area contributed by atoms with Crippen molar-refractivity contribution in [2.45, 2.75) is 5.37 Å². The first kappa shape index (κ1) is 15.2. The van der Waals surface area contributed by atoms with Crippen molar-refractivity contribution >= 4 is 29.0 Å². The van der Waals surface area contributed by atoms with Gasteiger partial charge in [-0.1, -0.05) is 6.07 Å². The number of hydrogen-bond donors (Lipinski definition) is 0. The van der Waals surface area contributed by atoms with Crippen LogP contribution in [0.1, 0.15) is 20.6 Å². The molecule has 1 fully saturated rings. The first-order valence-electron chi connectivity index (χ1n) is 6.92.